The molecule has 0 N–H and O–H groups in total. The van der Waals surface area contributed by atoms with Crippen molar-refractivity contribution < 1.29 is 18.7 Å². The molecule has 0 aliphatic rings. The predicted molar refractivity (Wildman–Crippen MR) is 145 cm³/mol. The highest BCUT2D eigenvalue weighted by molar-refractivity contribution is 5.98. The van der Waals surface area contributed by atoms with Crippen molar-refractivity contribution in [2.24, 2.45) is 0 Å². The van der Waals surface area contributed by atoms with E-state index in [0.717, 1.165) is 12.1 Å². The smallest absolute Gasteiger partial charge is 0.200 e. The molecule has 0 spiro atoms. The van der Waals surface area contributed by atoms with Crippen LogP contribution < -0.4 is 14.9 Å². The number of rotatable bonds is 9. The van der Waals surface area contributed by atoms with Gasteiger partial charge in [-0.3, -0.25) is 9.59 Å². The van der Waals surface area contributed by atoms with E-state index in [1.54, 1.807) is 60.7 Å². The van der Waals surface area contributed by atoms with Gasteiger partial charge in [-0.2, -0.15) is 0 Å². The van der Waals surface area contributed by atoms with E-state index in [9.17, 15) is 9.59 Å². The molecule has 6 nitrogen and oxygen atoms in total. The molecule has 1 heterocycles. The topological polar surface area (TPSA) is 69.0 Å². The average molecular weight is 494 g/mol. The van der Waals surface area contributed by atoms with Gasteiger partial charge in [0.1, 0.15) is 23.7 Å². The maximum absolute atomic E-state index is 13.2. The van der Waals surface area contributed by atoms with Crippen molar-refractivity contribution in [2.45, 2.75) is 6.42 Å². The summed E-state index contributed by atoms with van der Waals surface area (Å²) >= 11 is 0. The first-order chi connectivity index (χ1) is 18.0. The van der Waals surface area contributed by atoms with Gasteiger partial charge in [0, 0.05) is 24.6 Å². The third kappa shape index (κ3) is 5.55. The summed E-state index contributed by atoms with van der Waals surface area (Å²) in [5.74, 6) is 1.55. The number of likely N-dealkylation sites (N-methyl/N-ethyl adjacent to an activating group) is 1. The molecule has 0 aliphatic heterocycles. The van der Waals surface area contributed by atoms with E-state index in [0.29, 0.717) is 57.8 Å². The number of ketones is 1. The van der Waals surface area contributed by atoms with Crippen LogP contribution in [0.5, 0.6) is 17.2 Å². The first-order valence-corrected chi connectivity index (χ1v) is 12.1. The van der Waals surface area contributed by atoms with Crippen LogP contribution in [0.15, 0.2) is 100 Å². The molecular formula is C31H27NO5. The molecule has 5 rings (SSSR count). The molecule has 186 valence electrons. The number of carbonyl (C=O) groups excluding carboxylic acids is 1. The number of para-hydroxylation sites is 1. The van der Waals surface area contributed by atoms with Crippen LogP contribution in [0.2, 0.25) is 0 Å². The van der Waals surface area contributed by atoms with E-state index < -0.39 is 0 Å². The number of Topliss-reactive ketones (excluding diaryl/α,β-unsaturated/α-hetero) is 1. The van der Waals surface area contributed by atoms with Crippen LogP contribution in [0.3, 0.4) is 0 Å². The summed E-state index contributed by atoms with van der Waals surface area (Å²) in [7, 11) is 3.94. The van der Waals surface area contributed by atoms with Crippen LogP contribution >= 0.6 is 0 Å². The van der Waals surface area contributed by atoms with Crippen LogP contribution in [0.4, 0.5) is 0 Å². The molecule has 5 aromatic rings. The molecule has 0 bridgehead atoms. The van der Waals surface area contributed by atoms with Crippen molar-refractivity contribution in [3.8, 4) is 17.2 Å². The van der Waals surface area contributed by atoms with Gasteiger partial charge >= 0.3 is 0 Å². The first-order valence-electron chi connectivity index (χ1n) is 12.1. The number of fused-ring (bicyclic) bond motifs is 2. The largest absolute Gasteiger partial charge is 0.488 e. The Balaban J connectivity index is 1.42. The summed E-state index contributed by atoms with van der Waals surface area (Å²) in [6.07, 6.45) is 0.317. The monoisotopic (exact) mass is 493 g/mol. The fraction of sp³-hybridized carbons (Fsp3) is 0.161. The molecule has 0 saturated carbocycles. The van der Waals surface area contributed by atoms with Gasteiger partial charge in [-0.05, 0) is 56.1 Å². The lowest BCUT2D eigenvalue weighted by atomic mass is 10.0. The molecule has 0 radical (unpaired) electrons. The molecule has 0 saturated heterocycles. The van der Waals surface area contributed by atoms with E-state index in [1.165, 1.54) is 0 Å². The highest BCUT2D eigenvalue weighted by Crippen LogP contribution is 2.30. The van der Waals surface area contributed by atoms with Gasteiger partial charge in [0.2, 0.25) is 5.43 Å². The molecule has 0 atom stereocenters. The van der Waals surface area contributed by atoms with Crippen molar-refractivity contribution in [2.75, 3.05) is 27.2 Å². The minimum atomic E-state index is -0.130. The highest BCUT2D eigenvalue weighted by atomic mass is 16.5. The summed E-state index contributed by atoms with van der Waals surface area (Å²) in [6, 6.07) is 27.1. The van der Waals surface area contributed by atoms with E-state index in [-0.39, 0.29) is 11.2 Å². The summed E-state index contributed by atoms with van der Waals surface area (Å²) in [5, 5.41) is 0.922. The molecule has 1 aromatic heterocycles. The fourth-order valence-electron chi connectivity index (χ4n) is 4.10. The number of nitrogens with zero attached hydrogens (tertiary/aromatic N) is 1. The van der Waals surface area contributed by atoms with Crippen LogP contribution in [-0.2, 0) is 6.42 Å². The van der Waals surface area contributed by atoms with Gasteiger partial charge in [-0.1, -0.05) is 48.5 Å². The highest BCUT2D eigenvalue weighted by Gasteiger charge is 2.14. The summed E-state index contributed by atoms with van der Waals surface area (Å²) in [6.45, 7) is 1.20. The van der Waals surface area contributed by atoms with Crippen molar-refractivity contribution in [1.82, 2.24) is 4.90 Å². The number of carbonyl (C=O) groups is 1. The second-order valence-electron chi connectivity index (χ2n) is 9.09. The molecule has 37 heavy (non-hydrogen) atoms. The predicted octanol–water partition coefficient (Wildman–Crippen LogP) is 6.10. The normalized spacial score (nSPS) is 11.2. The molecule has 0 aliphatic carbocycles. The Bertz CT molecular complexity index is 1620. The van der Waals surface area contributed by atoms with Crippen LogP contribution in [0, 0.1) is 0 Å². The molecule has 0 unspecified atom stereocenters. The zero-order chi connectivity index (χ0) is 25.8. The molecule has 6 heteroatoms. The maximum Gasteiger partial charge on any atom is 0.200 e. The molecular weight excluding hydrogens is 466 g/mol. The van der Waals surface area contributed by atoms with Gasteiger partial charge in [-0.15, -0.1) is 0 Å². The lowest BCUT2D eigenvalue weighted by Gasteiger charge is -2.12. The molecule has 0 amide bonds. The quantitative estimate of drug-likeness (QED) is 0.182. The second kappa shape index (κ2) is 10.7. The second-order valence-corrected chi connectivity index (χ2v) is 9.09. The lowest BCUT2D eigenvalue weighted by molar-refractivity contribution is 0.0992. The van der Waals surface area contributed by atoms with Gasteiger partial charge in [0.05, 0.1) is 10.8 Å². The van der Waals surface area contributed by atoms with Gasteiger partial charge in [0.25, 0.3) is 0 Å². The maximum atomic E-state index is 13.2. The Hall–Kier alpha value is -4.42. The van der Waals surface area contributed by atoms with Crippen molar-refractivity contribution >= 4 is 27.7 Å². The Kier molecular flexibility index (Phi) is 7.01. The zero-order valence-corrected chi connectivity index (χ0v) is 20.8. The van der Waals surface area contributed by atoms with Crippen molar-refractivity contribution in [3.63, 3.8) is 0 Å². The minimum absolute atomic E-state index is 0.00873. The van der Waals surface area contributed by atoms with E-state index in [2.05, 4.69) is 0 Å². The zero-order valence-electron chi connectivity index (χ0n) is 20.8. The standard InChI is InChI=1S/C31H27NO5/c1-32(2)16-17-35-28-13-7-12-26-30(34)25-15-14-24(20-29(25)37-31(26)28)36-23-11-6-10-22(19-23)27(33)18-21-8-4-3-5-9-21/h3-15,19-20H,16-18H2,1-2H3. The minimum Gasteiger partial charge on any atom is -0.488 e. The van der Waals surface area contributed by atoms with Gasteiger partial charge in [0.15, 0.2) is 17.1 Å². The summed E-state index contributed by atoms with van der Waals surface area (Å²) < 4.78 is 18.1. The fourth-order valence-corrected chi connectivity index (χ4v) is 4.10. The third-order valence-electron chi connectivity index (χ3n) is 6.03. The third-order valence-corrected chi connectivity index (χ3v) is 6.03. The van der Waals surface area contributed by atoms with Crippen LogP contribution in [0.1, 0.15) is 15.9 Å². The van der Waals surface area contributed by atoms with E-state index in [4.69, 9.17) is 13.9 Å². The Labute approximate surface area is 214 Å². The van der Waals surface area contributed by atoms with E-state index in [1.807, 2.05) is 49.3 Å². The summed E-state index contributed by atoms with van der Waals surface area (Å²) in [4.78, 5) is 28.0. The van der Waals surface area contributed by atoms with Gasteiger partial charge < -0.3 is 18.8 Å². The van der Waals surface area contributed by atoms with Crippen molar-refractivity contribution in [1.29, 1.82) is 0 Å². The Morgan fingerprint density at radius 2 is 1.62 bits per heavy atom. The molecule has 0 fully saturated rings. The average Bonchev–Trinajstić information content (AvgIpc) is 2.90. The van der Waals surface area contributed by atoms with Crippen molar-refractivity contribution in [3.05, 3.63) is 112 Å². The number of hydrogen-bond donors (Lipinski definition) is 0. The van der Waals surface area contributed by atoms with Gasteiger partial charge in [-0.25, -0.2) is 0 Å². The number of hydrogen-bond acceptors (Lipinski definition) is 6. The Morgan fingerprint density at radius 1 is 0.838 bits per heavy atom. The lowest BCUT2D eigenvalue weighted by Crippen LogP contribution is -2.19. The first kappa shape index (κ1) is 24.3. The molecule has 4 aromatic carbocycles. The van der Waals surface area contributed by atoms with Crippen LogP contribution in [-0.4, -0.2) is 37.9 Å². The number of ether oxygens (including phenoxy) is 2. The number of benzene rings is 4. The SMILES string of the molecule is CN(C)CCOc1cccc2c(=O)c3ccc(Oc4cccc(C(=O)Cc5ccccc5)c4)cc3oc12. The Morgan fingerprint density at radius 3 is 2.43 bits per heavy atom. The summed E-state index contributed by atoms with van der Waals surface area (Å²) in [5.41, 5.74) is 2.20. The van der Waals surface area contributed by atoms with Crippen LogP contribution in [0.25, 0.3) is 21.9 Å². The van der Waals surface area contributed by atoms with E-state index >= 15 is 0 Å².